The minimum Gasteiger partial charge on any atom is -0.480 e. The summed E-state index contributed by atoms with van der Waals surface area (Å²) < 4.78 is 15.1. The third-order valence-electron chi connectivity index (χ3n) is 4.51. The Labute approximate surface area is 213 Å². The molecule has 0 aliphatic heterocycles. The molecule has 0 aliphatic rings. The molecule has 2 N–H and O–H groups in total. The number of carbonyl (C=O) groups is 4. The van der Waals surface area contributed by atoms with Crippen LogP contribution >= 0.6 is 23.2 Å². The van der Waals surface area contributed by atoms with Crippen LogP contribution in [0.25, 0.3) is 0 Å². The number of amides is 1. The van der Waals surface area contributed by atoms with Crippen LogP contribution in [0.4, 0.5) is 5.82 Å². The first-order valence-electron chi connectivity index (χ1n) is 10.0. The molecule has 186 valence electrons. The van der Waals surface area contributed by atoms with Gasteiger partial charge in [0.25, 0.3) is 5.91 Å². The van der Waals surface area contributed by atoms with Gasteiger partial charge in [-0.15, -0.1) is 10.2 Å². The summed E-state index contributed by atoms with van der Waals surface area (Å²) in [6, 6.07) is 13.5. The van der Waals surface area contributed by atoms with Crippen molar-refractivity contribution in [1.29, 1.82) is 0 Å². The summed E-state index contributed by atoms with van der Waals surface area (Å²) in [6.07, 6.45) is -4.35. The quantitative estimate of drug-likeness (QED) is 0.391. The van der Waals surface area contributed by atoms with Crippen LogP contribution in [-0.2, 0) is 19.1 Å². The zero-order valence-electron chi connectivity index (χ0n) is 18.4. The Kier molecular flexibility index (Phi) is 8.76. The number of hydrogen-bond acceptors (Lipinski definition) is 9. The van der Waals surface area contributed by atoms with E-state index in [0.29, 0.717) is 10.0 Å². The molecule has 3 aromatic rings. The molecule has 0 saturated heterocycles. The molecule has 1 amide bonds. The number of methoxy groups -OCH3 is 1. The molecule has 2 atom stereocenters. The van der Waals surface area contributed by atoms with Gasteiger partial charge >= 0.3 is 17.9 Å². The maximum atomic E-state index is 13.0. The van der Waals surface area contributed by atoms with E-state index in [1.807, 2.05) is 0 Å². The Morgan fingerprint density at radius 2 is 1.28 bits per heavy atom. The van der Waals surface area contributed by atoms with Gasteiger partial charge in [0.05, 0.1) is 18.2 Å². The predicted octanol–water partition coefficient (Wildman–Crippen LogP) is 3.27. The molecule has 36 heavy (non-hydrogen) atoms. The summed E-state index contributed by atoms with van der Waals surface area (Å²) in [5.74, 6) is -5.01. The standard InChI is InChI=1S/C23H17Cl2N3O8/c1-34-17-11-10-16(27-28-17)26-20(29)18(35-22(32)12-2-6-14(24)7-3-12)19(21(30)31)36-23(33)13-4-8-15(25)9-5-13/h2-11,18-19H,1H3,(H,30,31)(H,26,27,29)/t18-,19+/m0/s1. The first-order valence-corrected chi connectivity index (χ1v) is 10.8. The molecule has 13 heteroatoms. The molecule has 0 unspecified atom stereocenters. The molecule has 0 radical (unpaired) electrons. The molecule has 1 aromatic heterocycles. The zero-order valence-corrected chi connectivity index (χ0v) is 19.9. The highest BCUT2D eigenvalue weighted by molar-refractivity contribution is 6.31. The van der Waals surface area contributed by atoms with E-state index in [4.69, 9.17) is 37.4 Å². The van der Waals surface area contributed by atoms with Crippen LogP contribution in [0.5, 0.6) is 5.88 Å². The maximum absolute atomic E-state index is 13.0. The van der Waals surface area contributed by atoms with Gasteiger partial charge in [-0.2, -0.15) is 0 Å². The number of carbonyl (C=O) groups excluding carboxylic acids is 3. The lowest BCUT2D eigenvalue weighted by Crippen LogP contribution is -2.48. The number of aliphatic carboxylic acids is 1. The number of hydrogen-bond donors (Lipinski definition) is 2. The number of benzene rings is 2. The first-order chi connectivity index (χ1) is 17.2. The van der Waals surface area contributed by atoms with Crippen LogP contribution in [0.15, 0.2) is 60.7 Å². The van der Waals surface area contributed by atoms with Crippen molar-refractivity contribution in [3.8, 4) is 5.88 Å². The lowest BCUT2D eigenvalue weighted by atomic mass is 10.1. The number of nitrogens with zero attached hydrogens (tertiary/aromatic N) is 2. The van der Waals surface area contributed by atoms with E-state index >= 15 is 0 Å². The summed E-state index contributed by atoms with van der Waals surface area (Å²) in [5, 5.41) is 20.1. The van der Waals surface area contributed by atoms with Crippen molar-refractivity contribution in [3.05, 3.63) is 81.8 Å². The van der Waals surface area contributed by atoms with Gasteiger partial charge in [-0.05, 0) is 54.6 Å². The Balaban J connectivity index is 1.89. The van der Waals surface area contributed by atoms with Crippen molar-refractivity contribution in [1.82, 2.24) is 10.2 Å². The average molecular weight is 534 g/mol. The largest absolute Gasteiger partial charge is 0.480 e. The molecule has 2 aromatic carbocycles. The fourth-order valence-electron chi connectivity index (χ4n) is 2.73. The Morgan fingerprint density at radius 1 is 0.778 bits per heavy atom. The number of halogens is 2. The highest BCUT2D eigenvalue weighted by atomic mass is 35.5. The molecule has 0 spiro atoms. The lowest BCUT2D eigenvalue weighted by molar-refractivity contribution is -0.157. The van der Waals surface area contributed by atoms with Gasteiger partial charge in [-0.1, -0.05) is 23.2 Å². The van der Waals surface area contributed by atoms with Crippen LogP contribution in [0.3, 0.4) is 0 Å². The number of ether oxygens (including phenoxy) is 3. The summed E-state index contributed by atoms with van der Waals surface area (Å²) in [6.45, 7) is 0. The summed E-state index contributed by atoms with van der Waals surface area (Å²) >= 11 is 11.6. The average Bonchev–Trinajstić information content (AvgIpc) is 2.87. The van der Waals surface area contributed by atoms with Crippen LogP contribution in [0.2, 0.25) is 10.0 Å². The van der Waals surface area contributed by atoms with E-state index in [0.717, 1.165) is 0 Å². The molecular formula is C23H17Cl2N3O8. The third kappa shape index (κ3) is 6.90. The molecule has 0 fully saturated rings. The molecule has 11 nitrogen and oxygen atoms in total. The van der Waals surface area contributed by atoms with Gasteiger partial charge in [0.2, 0.25) is 18.1 Å². The minimum atomic E-state index is -2.23. The minimum absolute atomic E-state index is 0.0328. The fraction of sp³-hybridized carbons (Fsp3) is 0.130. The van der Waals surface area contributed by atoms with Crippen molar-refractivity contribution in [2.24, 2.45) is 0 Å². The van der Waals surface area contributed by atoms with Crippen molar-refractivity contribution in [2.75, 3.05) is 12.4 Å². The normalized spacial score (nSPS) is 12.1. The van der Waals surface area contributed by atoms with E-state index < -0.39 is 36.0 Å². The van der Waals surface area contributed by atoms with Gasteiger partial charge < -0.3 is 24.6 Å². The second-order valence-corrected chi connectivity index (χ2v) is 7.83. The number of carboxylic acid groups (broad SMARTS) is 1. The SMILES string of the molecule is COc1ccc(NC(=O)[C@@H](OC(=O)c2ccc(Cl)cc2)[C@@H](OC(=O)c2ccc(Cl)cc2)C(=O)O)nn1. The summed E-state index contributed by atoms with van der Waals surface area (Å²) in [4.78, 5) is 50.3. The lowest BCUT2D eigenvalue weighted by Gasteiger charge is -2.23. The Hall–Kier alpha value is -4.22. The Bertz CT molecular complexity index is 1250. The summed E-state index contributed by atoms with van der Waals surface area (Å²) in [5.41, 5.74) is -0.0792. The van der Waals surface area contributed by atoms with Gasteiger partial charge in [0.1, 0.15) is 0 Å². The first kappa shape index (κ1) is 26.4. The zero-order chi connectivity index (χ0) is 26.2. The van der Waals surface area contributed by atoms with E-state index in [1.165, 1.54) is 67.8 Å². The highest BCUT2D eigenvalue weighted by Crippen LogP contribution is 2.18. The van der Waals surface area contributed by atoms with Crippen molar-refractivity contribution in [2.45, 2.75) is 12.2 Å². The summed E-state index contributed by atoms with van der Waals surface area (Å²) in [7, 11) is 1.36. The predicted molar refractivity (Wildman–Crippen MR) is 126 cm³/mol. The van der Waals surface area contributed by atoms with Crippen molar-refractivity contribution >= 4 is 52.8 Å². The van der Waals surface area contributed by atoms with Crippen molar-refractivity contribution in [3.63, 3.8) is 0 Å². The van der Waals surface area contributed by atoms with Crippen LogP contribution in [-0.4, -0.2) is 58.4 Å². The van der Waals surface area contributed by atoms with Gasteiger partial charge in [-0.25, -0.2) is 14.4 Å². The third-order valence-corrected chi connectivity index (χ3v) is 5.01. The van der Waals surface area contributed by atoms with E-state index in [2.05, 4.69) is 15.5 Å². The number of rotatable bonds is 9. The van der Waals surface area contributed by atoms with Crippen LogP contribution in [0.1, 0.15) is 20.7 Å². The van der Waals surface area contributed by atoms with Gasteiger partial charge in [-0.3, -0.25) is 4.79 Å². The van der Waals surface area contributed by atoms with E-state index in [9.17, 15) is 24.3 Å². The van der Waals surface area contributed by atoms with Gasteiger partial charge in [0.15, 0.2) is 5.82 Å². The molecule has 0 bridgehead atoms. The smallest absolute Gasteiger partial charge is 0.349 e. The second kappa shape index (κ2) is 12.0. The maximum Gasteiger partial charge on any atom is 0.349 e. The molecule has 0 saturated carbocycles. The molecule has 3 rings (SSSR count). The van der Waals surface area contributed by atoms with E-state index in [-0.39, 0.29) is 22.8 Å². The highest BCUT2D eigenvalue weighted by Gasteiger charge is 2.41. The monoisotopic (exact) mass is 533 g/mol. The number of nitrogens with one attached hydrogen (secondary N) is 1. The molecule has 0 aliphatic carbocycles. The number of aromatic nitrogens is 2. The van der Waals surface area contributed by atoms with E-state index in [1.54, 1.807) is 0 Å². The fourth-order valence-corrected chi connectivity index (χ4v) is 2.98. The topological polar surface area (TPSA) is 154 Å². The van der Waals surface area contributed by atoms with Crippen LogP contribution < -0.4 is 10.1 Å². The Morgan fingerprint density at radius 3 is 1.69 bits per heavy atom. The van der Waals surface area contributed by atoms with Crippen LogP contribution in [0, 0.1) is 0 Å². The number of carboxylic acids is 1. The molecule has 1 heterocycles. The van der Waals surface area contributed by atoms with Gasteiger partial charge in [0, 0.05) is 16.1 Å². The van der Waals surface area contributed by atoms with Crippen molar-refractivity contribution < 1.29 is 38.5 Å². The molecular weight excluding hydrogens is 517 g/mol. The number of esters is 2. The second-order valence-electron chi connectivity index (χ2n) is 6.95. The number of anilines is 1.